The third kappa shape index (κ3) is 2.82. The van der Waals surface area contributed by atoms with Crippen LogP contribution in [0, 0.1) is 23.7 Å². The maximum atomic E-state index is 4.80. The summed E-state index contributed by atoms with van der Waals surface area (Å²) >= 11 is 0.241. The second-order valence-corrected chi connectivity index (χ2v) is 11.4. The van der Waals surface area contributed by atoms with Crippen LogP contribution in [0.4, 0.5) is 5.69 Å². The molecule has 4 aliphatic carbocycles. The number of anilines is 1. The topological polar surface area (TPSA) is 28.2 Å². The number of nitrogens with one attached hydrogen (secondary N) is 1. The summed E-state index contributed by atoms with van der Waals surface area (Å²) in [6.45, 7) is 2.33. The third-order valence-electron chi connectivity index (χ3n) is 7.15. The molecule has 0 aromatic carbocycles. The Hall–Kier alpha value is -0.532. The van der Waals surface area contributed by atoms with Crippen LogP contribution in [-0.2, 0) is 0 Å². The molecule has 2 heterocycles. The van der Waals surface area contributed by atoms with Crippen molar-refractivity contribution in [2.45, 2.75) is 49.3 Å². The predicted molar refractivity (Wildman–Crippen MR) is 100 cm³/mol. The molecule has 4 bridgehead atoms. The van der Waals surface area contributed by atoms with Crippen LogP contribution in [0.2, 0.25) is 4.71 Å². The summed E-state index contributed by atoms with van der Waals surface area (Å²) in [5.74, 6) is 4.28. The summed E-state index contributed by atoms with van der Waals surface area (Å²) in [6, 6.07) is 5.31. The fourth-order valence-electron chi connectivity index (χ4n) is 6.17. The number of pyridine rings is 1. The van der Waals surface area contributed by atoms with Crippen molar-refractivity contribution in [2.24, 2.45) is 23.7 Å². The fourth-order valence-corrected chi connectivity index (χ4v) is 9.43. The molecule has 0 spiro atoms. The molecule has 1 aliphatic heterocycles. The first-order chi connectivity index (χ1) is 11.8. The van der Waals surface area contributed by atoms with Gasteiger partial charge in [-0.1, -0.05) is 0 Å². The first-order valence-electron chi connectivity index (χ1n) is 9.87. The van der Waals surface area contributed by atoms with E-state index in [1.165, 1.54) is 23.1 Å². The van der Waals surface area contributed by atoms with Crippen LogP contribution in [0.25, 0.3) is 0 Å². The number of rotatable bonds is 4. The zero-order valence-corrected chi connectivity index (χ0v) is 16.6. The minimum atomic E-state index is 0.241. The van der Waals surface area contributed by atoms with E-state index < -0.39 is 0 Å². The van der Waals surface area contributed by atoms with Gasteiger partial charge >= 0.3 is 153 Å². The van der Waals surface area contributed by atoms with Crippen LogP contribution in [0.1, 0.15) is 38.5 Å². The van der Waals surface area contributed by atoms with Crippen molar-refractivity contribution in [2.75, 3.05) is 25.0 Å². The minimum absolute atomic E-state index is 0.241. The zero-order valence-electron chi connectivity index (χ0n) is 14.7. The molecule has 24 heavy (non-hydrogen) atoms. The van der Waals surface area contributed by atoms with E-state index in [2.05, 4.69) is 35.6 Å². The monoisotopic (exact) mass is 386 g/mol. The van der Waals surface area contributed by atoms with Crippen LogP contribution in [0.15, 0.2) is 18.3 Å². The summed E-state index contributed by atoms with van der Waals surface area (Å²) in [5, 5.41) is 3.43. The van der Waals surface area contributed by atoms with E-state index in [4.69, 9.17) is 4.98 Å². The van der Waals surface area contributed by atoms with Crippen LogP contribution in [-0.4, -0.2) is 46.9 Å². The van der Waals surface area contributed by atoms with Gasteiger partial charge in [0.2, 0.25) is 0 Å². The number of aromatic nitrogens is 1. The Labute approximate surface area is 152 Å². The maximum absolute atomic E-state index is 4.80. The molecule has 1 radical (unpaired) electrons. The van der Waals surface area contributed by atoms with E-state index in [0.717, 1.165) is 34.9 Å². The molecule has 4 heteroatoms. The summed E-state index contributed by atoms with van der Waals surface area (Å²) < 4.78 is 2.45. The van der Waals surface area contributed by atoms with Gasteiger partial charge in [0.05, 0.1) is 0 Å². The Balaban J connectivity index is 1.30. The molecule has 5 aliphatic rings. The van der Waals surface area contributed by atoms with E-state index in [1.807, 2.05) is 0 Å². The van der Waals surface area contributed by atoms with Gasteiger partial charge in [0.15, 0.2) is 0 Å². The van der Waals surface area contributed by atoms with Crippen molar-refractivity contribution in [3.63, 3.8) is 0 Å². The van der Waals surface area contributed by atoms with Gasteiger partial charge in [0.25, 0.3) is 0 Å². The molecule has 0 amide bonds. The molecule has 1 saturated heterocycles. The van der Waals surface area contributed by atoms with Gasteiger partial charge < -0.3 is 0 Å². The SMILES string of the molecule is CN[C@@H]1CCN(c2ccnc([As]C3C4CC5CC(C4)CC3C5)c2)C1. The second-order valence-electron chi connectivity index (χ2n) is 8.64. The Kier molecular flexibility index (Phi) is 4.14. The molecule has 1 N–H and O–H groups in total. The van der Waals surface area contributed by atoms with Gasteiger partial charge in [-0.15, -0.1) is 0 Å². The van der Waals surface area contributed by atoms with Crippen molar-refractivity contribution in [3.05, 3.63) is 18.3 Å². The van der Waals surface area contributed by atoms with Gasteiger partial charge in [-0.25, -0.2) is 0 Å². The molecule has 4 saturated carbocycles. The average molecular weight is 386 g/mol. The predicted octanol–water partition coefficient (Wildman–Crippen LogP) is 2.45. The fraction of sp³-hybridized carbons (Fsp3) is 0.750. The summed E-state index contributed by atoms with van der Waals surface area (Å²) in [4.78, 5) is 7.35. The van der Waals surface area contributed by atoms with Crippen molar-refractivity contribution < 1.29 is 0 Å². The summed E-state index contributed by atoms with van der Waals surface area (Å²) in [6.07, 6.45) is 11.1. The third-order valence-corrected chi connectivity index (χ3v) is 10.6. The molecule has 6 rings (SSSR count). The van der Waals surface area contributed by atoms with Crippen LogP contribution in [0.3, 0.4) is 0 Å². The Bertz CT molecular complexity index is 576. The summed E-state index contributed by atoms with van der Waals surface area (Å²) in [5.41, 5.74) is 1.41. The van der Waals surface area contributed by atoms with Crippen LogP contribution < -0.4 is 14.7 Å². The number of nitrogens with zero attached hydrogens (tertiary/aromatic N) is 2. The first-order valence-corrected chi connectivity index (χ1v) is 11.9. The molecule has 129 valence electrons. The second kappa shape index (κ2) is 6.32. The normalized spacial score (nSPS) is 41.0. The molecular formula is C20H29AsN3. The molecule has 3 nitrogen and oxygen atoms in total. The van der Waals surface area contributed by atoms with Gasteiger partial charge in [-0.3, -0.25) is 0 Å². The van der Waals surface area contributed by atoms with Crippen molar-refractivity contribution in [1.29, 1.82) is 0 Å². The van der Waals surface area contributed by atoms with E-state index in [1.54, 1.807) is 32.1 Å². The molecular weight excluding hydrogens is 357 g/mol. The van der Waals surface area contributed by atoms with Gasteiger partial charge in [-0.2, -0.15) is 0 Å². The van der Waals surface area contributed by atoms with E-state index >= 15 is 0 Å². The van der Waals surface area contributed by atoms with Crippen LogP contribution in [0.5, 0.6) is 0 Å². The number of hydrogen-bond donors (Lipinski definition) is 1. The average Bonchev–Trinajstić information content (AvgIpc) is 3.07. The molecule has 5 fully saturated rings. The number of hydrogen-bond acceptors (Lipinski definition) is 3. The first kappa shape index (κ1) is 15.7. The standard InChI is InChI=1S/C20H29AsN3/c1-22-17-3-5-24(12-17)18-2-4-23-19(11-18)21-20-15-7-13-6-14(9-15)10-16(20)8-13/h2,4,11,13-17,20,22H,3,5-10,12H2,1H3/t13?,14?,15?,16?,17-,20?/m1/s1. The Morgan fingerprint density at radius 1 is 1.12 bits per heavy atom. The van der Waals surface area contributed by atoms with E-state index in [9.17, 15) is 0 Å². The van der Waals surface area contributed by atoms with Crippen LogP contribution >= 0.6 is 0 Å². The van der Waals surface area contributed by atoms with Gasteiger partial charge in [0.1, 0.15) is 0 Å². The zero-order chi connectivity index (χ0) is 16.1. The van der Waals surface area contributed by atoms with E-state index in [0.29, 0.717) is 6.04 Å². The molecule has 1 aromatic heterocycles. The van der Waals surface area contributed by atoms with Crippen molar-refractivity contribution in [1.82, 2.24) is 10.3 Å². The van der Waals surface area contributed by atoms with E-state index in [-0.39, 0.29) is 15.8 Å². The van der Waals surface area contributed by atoms with Crippen molar-refractivity contribution in [3.8, 4) is 0 Å². The quantitative estimate of drug-likeness (QED) is 0.806. The molecule has 0 unspecified atom stereocenters. The van der Waals surface area contributed by atoms with Gasteiger partial charge in [-0.05, 0) is 0 Å². The molecule has 1 atom stereocenters. The number of likely N-dealkylation sites (N-methyl/N-ethyl adjacent to an activating group) is 1. The van der Waals surface area contributed by atoms with Gasteiger partial charge in [0, 0.05) is 0 Å². The molecule has 1 aromatic rings. The Morgan fingerprint density at radius 3 is 2.54 bits per heavy atom. The van der Waals surface area contributed by atoms with Crippen molar-refractivity contribution >= 4 is 25.9 Å². The Morgan fingerprint density at radius 2 is 1.88 bits per heavy atom. The summed E-state index contributed by atoms with van der Waals surface area (Å²) in [7, 11) is 2.09.